The Morgan fingerprint density at radius 2 is 1.90 bits per heavy atom. The highest BCUT2D eigenvalue weighted by molar-refractivity contribution is 5.26. The van der Waals surface area contributed by atoms with E-state index in [1.165, 1.54) is 0 Å². The first-order valence-corrected chi connectivity index (χ1v) is 6.88. The van der Waals surface area contributed by atoms with Crippen molar-refractivity contribution in [2.75, 3.05) is 13.7 Å². The lowest BCUT2D eigenvalue weighted by molar-refractivity contribution is -0.0284. The van der Waals surface area contributed by atoms with Crippen molar-refractivity contribution in [2.45, 2.75) is 39.9 Å². The van der Waals surface area contributed by atoms with Crippen LogP contribution in [0.2, 0.25) is 0 Å². The molecule has 1 aromatic carbocycles. The Hall–Kier alpha value is -1.32. The molecule has 0 amide bonds. The van der Waals surface area contributed by atoms with Gasteiger partial charge in [-0.25, -0.2) is 0 Å². The molecule has 20 heavy (non-hydrogen) atoms. The maximum absolute atomic E-state index is 10.2. The SMILES string of the molecule is C=C(C)C[C@H](O)C(C)(C)COCc1ccc(OC)cc1. The van der Waals surface area contributed by atoms with E-state index in [2.05, 4.69) is 6.58 Å². The molecule has 0 radical (unpaired) electrons. The fraction of sp³-hybridized carbons (Fsp3) is 0.529. The smallest absolute Gasteiger partial charge is 0.118 e. The van der Waals surface area contributed by atoms with Crippen molar-refractivity contribution in [3.8, 4) is 5.75 Å². The van der Waals surface area contributed by atoms with E-state index in [-0.39, 0.29) is 5.41 Å². The molecule has 0 aliphatic rings. The summed E-state index contributed by atoms with van der Waals surface area (Å²) in [7, 11) is 1.65. The zero-order valence-electron chi connectivity index (χ0n) is 13.0. The van der Waals surface area contributed by atoms with Gasteiger partial charge in [-0.3, -0.25) is 0 Å². The Morgan fingerprint density at radius 3 is 2.40 bits per heavy atom. The van der Waals surface area contributed by atoms with Gasteiger partial charge in [0.1, 0.15) is 5.75 Å². The van der Waals surface area contributed by atoms with Crippen molar-refractivity contribution in [1.29, 1.82) is 0 Å². The molecule has 0 bridgehead atoms. The third-order valence-corrected chi connectivity index (χ3v) is 3.35. The van der Waals surface area contributed by atoms with Crippen molar-refractivity contribution in [2.24, 2.45) is 5.41 Å². The molecule has 0 unspecified atom stereocenters. The van der Waals surface area contributed by atoms with Gasteiger partial charge >= 0.3 is 0 Å². The molecule has 0 aromatic heterocycles. The van der Waals surface area contributed by atoms with Crippen molar-refractivity contribution < 1.29 is 14.6 Å². The second-order valence-electron chi connectivity index (χ2n) is 6.01. The van der Waals surface area contributed by atoms with Crippen LogP contribution in [0.25, 0.3) is 0 Å². The second-order valence-corrected chi connectivity index (χ2v) is 6.01. The topological polar surface area (TPSA) is 38.7 Å². The zero-order chi connectivity index (χ0) is 15.2. The molecule has 1 N–H and O–H groups in total. The summed E-state index contributed by atoms with van der Waals surface area (Å²) in [5, 5.41) is 10.2. The number of aliphatic hydroxyl groups is 1. The van der Waals surface area contributed by atoms with Crippen LogP contribution in [-0.4, -0.2) is 24.9 Å². The van der Waals surface area contributed by atoms with Crippen LogP contribution in [0.3, 0.4) is 0 Å². The van der Waals surface area contributed by atoms with Gasteiger partial charge in [0.05, 0.1) is 26.4 Å². The van der Waals surface area contributed by atoms with Gasteiger partial charge in [0.2, 0.25) is 0 Å². The summed E-state index contributed by atoms with van der Waals surface area (Å²) in [5.74, 6) is 0.839. The lowest BCUT2D eigenvalue weighted by atomic mass is 9.84. The molecule has 0 heterocycles. The molecule has 0 fully saturated rings. The van der Waals surface area contributed by atoms with E-state index in [9.17, 15) is 5.11 Å². The predicted molar refractivity (Wildman–Crippen MR) is 81.9 cm³/mol. The minimum absolute atomic E-state index is 0.286. The fourth-order valence-electron chi connectivity index (χ4n) is 1.86. The monoisotopic (exact) mass is 278 g/mol. The fourth-order valence-corrected chi connectivity index (χ4v) is 1.86. The van der Waals surface area contributed by atoms with E-state index < -0.39 is 6.10 Å². The molecule has 0 saturated carbocycles. The summed E-state index contributed by atoms with van der Waals surface area (Å²) in [4.78, 5) is 0. The first kappa shape index (κ1) is 16.7. The lowest BCUT2D eigenvalue weighted by Gasteiger charge is -2.30. The summed E-state index contributed by atoms with van der Waals surface area (Å²) in [6, 6.07) is 7.80. The Balaban J connectivity index is 2.43. The van der Waals surface area contributed by atoms with Gasteiger partial charge < -0.3 is 14.6 Å². The van der Waals surface area contributed by atoms with Gasteiger partial charge in [-0.2, -0.15) is 0 Å². The van der Waals surface area contributed by atoms with Crippen LogP contribution in [0.5, 0.6) is 5.75 Å². The minimum atomic E-state index is -0.434. The Morgan fingerprint density at radius 1 is 1.30 bits per heavy atom. The number of hydrogen-bond donors (Lipinski definition) is 1. The van der Waals surface area contributed by atoms with E-state index in [1.54, 1.807) is 7.11 Å². The minimum Gasteiger partial charge on any atom is -0.497 e. The number of ether oxygens (including phenoxy) is 2. The molecule has 1 rings (SSSR count). The molecule has 3 heteroatoms. The van der Waals surface area contributed by atoms with Gasteiger partial charge in [0, 0.05) is 5.41 Å². The largest absolute Gasteiger partial charge is 0.497 e. The van der Waals surface area contributed by atoms with Crippen molar-refractivity contribution in [3.05, 3.63) is 42.0 Å². The first-order valence-electron chi connectivity index (χ1n) is 6.88. The van der Waals surface area contributed by atoms with E-state index in [4.69, 9.17) is 9.47 Å². The maximum Gasteiger partial charge on any atom is 0.118 e. The number of methoxy groups -OCH3 is 1. The van der Waals surface area contributed by atoms with Gasteiger partial charge in [-0.05, 0) is 31.0 Å². The van der Waals surface area contributed by atoms with Crippen LogP contribution < -0.4 is 4.74 Å². The van der Waals surface area contributed by atoms with E-state index in [0.29, 0.717) is 19.6 Å². The predicted octanol–water partition coefficient (Wildman–Crippen LogP) is 3.57. The normalized spacial score (nSPS) is 13.1. The Labute approximate surface area is 122 Å². The van der Waals surface area contributed by atoms with E-state index >= 15 is 0 Å². The molecule has 112 valence electrons. The summed E-state index contributed by atoms with van der Waals surface area (Å²) < 4.78 is 10.8. The van der Waals surface area contributed by atoms with Crippen LogP contribution in [0.15, 0.2) is 36.4 Å². The van der Waals surface area contributed by atoms with Crippen molar-refractivity contribution in [3.63, 3.8) is 0 Å². The first-order chi connectivity index (χ1) is 9.35. The zero-order valence-corrected chi connectivity index (χ0v) is 13.0. The molecular formula is C17H26O3. The van der Waals surface area contributed by atoms with Crippen LogP contribution >= 0.6 is 0 Å². The molecule has 0 aliphatic heterocycles. The van der Waals surface area contributed by atoms with Crippen molar-refractivity contribution >= 4 is 0 Å². The average molecular weight is 278 g/mol. The number of benzene rings is 1. The van der Waals surface area contributed by atoms with Crippen molar-refractivity contribution in [1.82, 2.24) is 0 Å². The third-order valence-electron chi connectivity index (χ3n) is 3.35. The van der Waals surface area contributed by atoms with Gasteiger partial charge in [-0.1, -0.05) is 31.6 Å². The molecule has 1 atom stereocenters. The van der Waals surface area contributed by atoms with E-state index in [1.807, 2.05) is 45.0 Å². The Bertz CT molecular complexity index is 420. The molecule has 0 aliphatic carbocycles. The van der Waals surface area contributed by atoms with Gasteiger partial charge in [0.25, 0.3) is 0 Å². The quantitative estimate of drug-likeness (QED) is 0.739. The van der Waals surface area contributed by atoms with Crippen LogP contribution in [0.1, 0.15) is 32.8 Å². The Kier molecular flexibility index (Phi) is 6.24. The van der Waals surface area contributed by atoms with Crippen LogP contribution in [-0.2, 0) is 11.3 Å². The maximum atomic E-state index is 10.2. The lowest BCUT2D eigenvalue weighted by Crippen LogP contribution is -2.34. The summed E-state index contributed by atoms with van der Waals surface area (Å²) >= 11 is 0. The standard InChI is InChI=1S/C17H26O3/c1-13(2)10-16(18)17(3,4)12-20-11-14-6-8-15(19-5)9-7-14/h6-9,16,18H,1,10-12H2,2-5H3/t16-/m0/s1. The van der Waals surface area contributed by atoms with E-state index in [0.717, 1.165) is 16.9 Å². The second kappa shape index (κ2) is 7.46. The molecular weight excluding hydrogens is 252 g/mol. The molecule has 0 spiro atoms. The summed E-state index contributed by atoms with van der Waals surface area (Å²) in [6.07, 6.45) is 0.176. The molecule has 0 saturated heterocycles. The van der Waals surface area contributed by atoms with Gasteiger partial charge in [0.15, 0.2) is 0 Å². The highest BCUT2D eigenvalue weighted by atomic mass is 16.5. The highest BCUT2D eigenvalue weighted by Gasteiger charge is 2.27. The summed E-state index contributed by atoms with van der Waals surface area (Å²) in [5.41, 5.74) is 1.79. The number of aliphatic hydroxyl groups excluding tert-OH is 1. The third kappa shape index (κ3) is 5.35. The van der Waals surface area contributed by atoms with Crippen LogP contribution in [0, 0.1) is 5.41 Å². The molecule has 3 nitrogen and oxygen atoms in total. The van der Waals surface area contributed by atoms with Gasteiger partial charge in [-0.15, -0.1) is 6.58 Å². The number of hydrogen-bond acceptors (Lipinski definition) is 3. The summed E-state index contributed by atoms with van der Waals surface area (Å²) in [6.45, 7) is 10.8. The van der Waals surface area contributed by atoms with Crippen LogP contribution in [0.4, 0.5) is 0 Å². The highest BCUT2D eigenvalue weighted by Crippen LogP contribution is 2.26. The average Bonchev–Trinajstić information content (AvgIpc) is 2.38. The molecule has 1 aromatic rings. The number of rotatable bonds is 8.